The van der Waals surface area contributed by atoms with Crippen molar-refractivity contribution >= 4 is 5.69 Å². The molecule has 0 aliphatic heterocycles. The van der Waals surface area contributed by atoms with E-state index in [0.29, 0.717) is 5.56 Å². The van der Waals surface area contributed by atoms with Crippen LogP contribution in [0.1, 0.15) is 45.1 Å². The number of aliphatic hydroxyl groups excluding tert-OH is 1. The number of halogens is 1. The highest BCUT2D eigenvalue weighted by molar-refractivity contribution is 5.53. The van der Waals surface area contributed by atoms with Gasteiger partial charge < -0.3 is 10.0 Å². The Bertz CT molecular complexity index is 346. The van der Waals surface area contributed by atoms with Crippen molar-refractivity contribution in [2.75, 3.05) is 18.0 Å². The van der Waals surface area contributed by atoms with E-state index in [4.69, 9.17) is 0 Å². The van der Waals surface area contributed by atoms with Crippen LogP contribution < -0.4 is 4.90 Å². The normalized spacial score (nSPS) is 10.7. The second kappa shape index (κ2) is 8.09. The molecule has 0 fully saturated rings. The van der Waals surface area contributed by atoms with Crippen LogP contribution in [0.5, 0.6) is 0 Å². The van der Waals surface area contributed by atoms with Gasteiger partial charge in [0.2, 0.25) is 0 Å². The zero-order chi connectivity index (χ0) is 13.4. The summed E-state index contributed by atoms with van der Waals surface area (Å²) in [6.45, 7) is 6.15. The summed E-state index contributed by atoms with van der Waals surface area (Å²) in [6.07, 6.45) is 4.51. The lowest BCUT2D eigenvalue weighted by atomic mass is 10.1. The molecule has 1 aromatic carbocycles. The van der Waals surface area contributed by atoms with Gasteiger partial charge in [-0.2, -0.15) is 0 Å². The quantitative estimate of drug-likeness (QED) is 0.763. The van der Waals surface area contributed by atoms with Crippen LogP contribution in [-0.2, 0) is 6.61 Å². The van der Waals surface area contributed by atoms with Gasteiger partial charge in [-0.3, -0.25) is 0 Å². The zero-order valence-electron chi connectivity index (χ0n) is 11.5. The molecular formula is C15H24FNO. The third-order valence-corrected chi connectivity index (χ3v) is 3.12. The van der Waals surface area contributed by atoms with Crippen LogP contribution in [0.4, 0.5) is 10.1 Å². The molecule has 0 radical (unpaired) electrons. The van der Waals surface area contributed by atoms with Gasteiger partial charge in [0.1, 0.15) is 5.82 Å². The topological polar surface area (TPSA) is 23.5 Å². The maximum Gasteiger partial charge on any atom is 0.123 e. The number of anilines is 1. The number of rotatable bonds is 8. The van der Waals surface area contributed by atoms with Gasteiger partial charge in [-0.05, 0) is 31.0 Å². The lowest BCUT2D eigenvalue weighted by Gasteiger charge is -2.26. The average molecular weight is 253 g/mol. The standard InChI is InChI=1S/C15H24FNO/c1-3-5-9-17(10-6-4-2)15-8-7-14(16)11-13(15)12-18/h7-8,11,18H,3-6,9-10,12H2,1-2H3. The summed E-state index contributed by atoms with van der Waals surface area (Å²) in [5, 5.41) is 9.35. The van der Waals surface area contributed by atoms with Crippen molar-refractivity contribution in [3.63, 3.8) is 0 Å². The molecule has 18 heavy (non-hydrogen) atoms. The molecule has 1 aromatic rings. The van der Waals surface area contributed by atoms with Gasteiger partial charge >= 0.3 is 0 Å². The first-order chi connectivity index (χ1) is 8.72. The average Bonchev–Trinajstić information content (AvgIpc) is 2.39. The zero-order valence-corrected chi connectivity index (χ0v) is 11.5. The molecule has 3 heteroatoms. The molecule has 0 saturated heterocycles. The Morgan fingerprint density at radius 2 is 1.72 bits per heavy atom. The van der Waals surface area contributed by atoms with Crippen LogP contribution in [-0.4, -0.2) is 18.2 Å². The molecule has 0 atom stereocenters. The molecule has 1 rings (SSSR count). The monoisotopic (exact) mass is 253 g/mol. The van der Waals surface area contributed by atoms with E-state index in [2.05, 4.69) is 18.7 Å². The van der Waals surface area contributed by atoms with Crippen LogP contribution in [0, 0.1) is 5.82 Å². The molecule has 0 aromatic heterocycles. The van der Waals surface area contributed by atoms with Gasteiger partial charge in [-0.15, -0.1) is 0 Å². The van der Waals surface area contributed by atoms with E-state index in [-0.39, 0.29) is 12.4 Å². The second-order valence-corrected chi connectivity index (χ2v) is 4.63. The fourth-order valence-electron chi connectivity index (χ4n) is 2.04. The first-order valence-electron chi connectivity index (χ1n) is 6.87. The lowest BCUT2D eigenvalue weighted by Crippen LogP contribution is -2.26. The van der Waals surface area contributed by atoms with Crippen LogP contribution >= 0.6 is 0 Å². The molecule has 0 bridgehead atoms. The van der Waals surface area contributed by atoms with Crippen molar-refractivity contribution in [3.8, 4) is 0 Å². The lowest BCUT2D eigenvalue weighted by molar-refractivity contribution is 0.281. The van der Waals surface area contributed by atoms with Gasteiger partial charge in [0.25, 0.3) is 0 Å². The second-order valence-electron chi connectivity index (χ2n) is 4.63. The molecule has 0 aliphatic carbocycles. The molecule has 0 spiro atoms. The first kappa shape index (κ1) is 15.0. The molecule has 0 heterocycles. The highest BCUT2D eigenvalue weighted by Crippen LogP contribution is 2.23. The molecule has 1 N–H and O–H groups in total. The van der Waals surface area contributed by atoms with Crippen LogP contribution in [0.25, 0.3) is 0 Å². The Morgan fingerprint density at radius 3 is 2.22 bits per heavy atom. The fraction of sp³-hybridized carbons (Fsp3) is 0.600. The van der Waals surface area contributed by atoms with E-state index in [1.165, 1.54) is 12.1 Å². The third kappa shape index (κ3) is 4.30. The minimum Gasteiger partial charge on any atom is -0.392 e. The number of hydrogen-bond acceptors (Lipinski definition) is 2. The molecule has 2 nitrogen and oxygen atoms in total. The predicted molar refractivity (Wildman–Crippen MR) is 74.4 cm³/mol. The summed E-state index contributed by atoms with van der Waals surface area (Å²) in [5.74, 6) is -0.284. The van der Waals surface area contributed by atoms with Crippen molar-refractivity contribution in [1.82, 2.24) is 0 Å². The van der Waals surface area contributed by atoms with Crippen molar-refractivity contribution < 1.29 is 9.50 Å². The maximum absolute atomic E-state index is 13.2. The number of aliphatic hydroxyl groups is 1. The van der Waals surface area contributed by atoms with Crippen LogP contribution in [0.3, 0.4) is 0 Å². The van der Waals surface area contributed by atoms with Crippen molar-refractivity contribution in [2.24, 2.45) is 0 Å². The Hall–Kier alpha value is -1.09. The fourth-order valence-corrected chi connectivity index (χ4v) is 2.04. The molecule has 0 unspecified atom stereocenters. The van der Waals surface area contributed by atoms with Crippen molar-refractivity contribution in [2.45, 2.75) is 46.1 Å². The molecule has 102 valence electrons. The number of nitrogens with zero attached hydrogens (tertiary/aromatic N) is 1. The molecule has 0 aliphatic rings. The summed E-state index contributed by atoms with van der Waals surface area (Å²) in [5.41, 5.74) is 1.66. The van der Waals surface area contributed by atoms with Gasteiger partial charge in [-0.1, -0.05) is 26.7 Å². The molecule has 0 saturated carbocycles. The van der Waals surface area contributed by atoms with Crippen molar-refractivity contribution in [3.05, 3.63) is 29.6 Å². The summed E-state index contributed by atoms with van der Waals surface area (Å²) in [7, 11) is 0. The number of hydrogen-bond donors (Lipinski definition) is 1. The molecular weight excluding hydrogens is 229 g/mol. The predicted octanol–water partition coefficient (Wildman–Crippen LogP) is 3.72. The molecule has 0 amide bonds. The van der Waals surface area contributed by atoms with Gasteiger partial charge in [0, 0.05) is 24.3 Å². The van der Waals surface area contributed by atoms with E-state index >= 15 is 0 Å². The summed E-state index contributed by atoms with van der Waals surface area (Å²) < 4.78 is 13.2. The van der Waals surface area contributed by atoms with Crippen molar-refractivity contribution in [1.29, 1.82) is 0 Å². The van der Waals surface area contributed by atoms with Crippen LogP contribution in [0.2, 0.25) is 0 Å². The summed E-state index contributed by atoms with van der Waals surface area (Å²) in [6, 6.07) is 4.69. The maximum atomic E-state index is 13.2. The number of unbranched alkanes of at least 4 members (excludes halogenated alkanes) is 2. The Balaban J connectivity index is 2.88. The summed E-state index contributed by atoms with van der Waals surface area (Å²) in [4.78, 5) is 2.26. The van der Waals surface area contributed by atoms with E-state index in [9.17, 15) is 9.50 Å². The number of benzene rings is 1. The minimum absolute atomic E-state index is 0.109. The Morgan fingerprint density at radius 1 is 1.11 bits per heavy atom. The highest BCUT2D eigenvalue weighted by atomic mass is 19.1. The van der Waals surface area contributed by atoms with E-state index in [1.807, 2.05) is 0 Å². The minimum atomic E-state index is -0.284. The highest BCUT2D eigenvalue weighted by Gasteiger charge is 2.11. The SMILES string of the molecule is CCCCN(CCCC)c1ccc(F)cc1CO. The van der Waals surface area contributed by atoms with E-state index in [1.54, 1.807) is 6.07 Å². The van der Waals surface area contributed by atoms with Gasteiger partial charge in [0.05, 0.1) is 6.61 Å². The van der Waals surface area contributed by atoms with E-state index in [0.717, 1.165) is 44.5 Å². The summed E-state index contributed by atoms with van der Waals surface area (Å²) >= 11 is 0. The van der Waals surface area contributed by atoms with Gasteiger partial charge in [0.15, 0.2) is 0 Å². The third-order valence-electron chi connectivity index (χ3n) is 3.12. The Labute approximate surface area is 109 Å². The van der Waals surface area contributed by atoms with Crippen LogP contribution in [0.15, 0.2) is 18.2 Å². The first-order valence-corrected chi connectivity index (χ1v) is 6.87. The largest absolute Gasteiger partial charge is 0.392 e. The van der Waals surface area contributed by atoms with Gasteiger partial charge in [-0.25, -0.2) is 4.39 Å². The Kier molecular flexibility index (Phi) is 6.73. The smallest absolute Gasteiger partial charge is 0.123 e. The van der Waals surface area contributed by atoms with E-state index < -0.39 is 0 Å².